The fraction of sp³-hybridized carbons (Fsp3) is 0.0556. The van der Waals surface area contributed by atoms with E-state index in [9.17, 15) is 14.0 Å². The number of thiocarbonyl (C=S) groups is 1. The Kier molecular flexibility index (Phi) is 5.74. The van der Waals surface area contributed by atoms with E-state index in [-0.39, 0.29) is 38.9 Å². The van der Waals surface area contributed by atoms with Gasteiger partial charge in [-0.3, -0.25) is 20.2 Å². The maximum absolute atomic E-state index is 12.9. The van der Waals surface area contributed by atoms with Gasteiger partial charge in [-0.15, -0.1) is 0 Å². The minimum absolute atomic E-state index is 0.0530. The Hall–Kier alpha value is -2.48. The van der Waals surface area contributed by atoms with E-state index in [1.54, 1.807) is 12.1 Å². The van der Waals surface area contributed by atoms with Crippen LogP contribution >= 0.6 is 35.4 Å². The molecule has 0 radical (unpaired) electrons. The lowest BCUT2D eigenvalue weighted by atomic mass is 10.1. The van der Waals surface area contributed by atoms with Gasteiger partial charge in [0.2, 0.25) is 0 Å². The van der Waals surface area contributed by atoms with Gasteiger partial charge in [-0.1, -0.05) is 35.3 Å². The van der Waals surface area contributed by atoms with Crippen LogP contribution < -0.4 is 15.4 Å². The molecule has 3 rings (SSSR count). The van der Waals surface area contributed by atoms with Crippen molar-refractivity contribution in [2.45, 2.75) is 6.61 Å². The van der Waals surface area contributed by atoms with Gasteiger partial charge in [-0.25, -0.2) is 4.39 Å². The van der Waals surface area contributed by atoms with Crippen molar-refractivity contribution in [3.63, 3.8) is 0 Å². The van der Waals surface area contributed by atoms with Gasteiger partial charge in [0, 0.05) is 0 Å². The molecule has 0 aromatic heterocycles. The molecule has 2 aromatic carbocycles. The lowest BCUT2D eigenvalue weighted by molar-refractivity contribution is -0.123. The average Bonchev–Trinajstić information content (AvgIpc) is 2.59. The molecule has 9 heteroatoms. The summed E-state index contributed by atoms with van der Waals surface area (Å²) >= 11 is 17.2. The van der Waals surface area contributed by atoms with Crippen LogP contribution in [0.25, 0.3) is 6.08 Å². The zero-order valence-corrected chi connectivity index (χ0v) is 15.8. The molecule has 0 saturated carbocycles. The molecule has 0 bridgehead atoms. The Bertz CT molecular complexity index is 932. The number of halogens is 3. The van der Waals surface area contributed by atoms with E-state index < -0.39 is 11.8 Å². The van der Waals surface area contributed by atoms with Crippen LogP contribution in [0.2, 0.25) is 10.0 Å². The van der Waals surface area contributed by atoms with Crippen molar-refractivity contribution < 1.29 is 18.7 Å². The highest BCUT2D eigenvalue weighted by Crippen LogP contribution is 2.35. The van der Waals surface area contributed by atoms with Gasteiger partial charge in [0.1, 0.15) is 18.0 Å². The number of hydrogen-bond acceptors (Lipinski definition) is 4. The minimum Gasteiger partial charge on any atom is -0.486 e. The van der Waals surface area contributed by atoms with Crippen molar-refractivity contribution >= 4 is 58.4 Å². The standard InChI is InChI=1S/C18H11Cl2FN2O3S/c19-13-6-10(5-12-16(24)22-18(27)23-17(12)25)7-14(20)15(13)26-8-9-1-3-11(21)4-2-9/h1-7H,8H2,(H2,22,23,24,25,27). The maximum Gasteiger partial charge on any atom is 0.263 e. The molecule has 0 unspecified atom stereocenters. The van der Waals surface area contributed by atoms with E-state index in [0.29, 0.717) is 5.56 Å². The first-order valence-electron chi connectivity index (χ1n) is 7.58. The Morgan fingerprint density at radius 3 is 2.15 bits per heavy atom. The Morgan fingerprint density at radius 1 is 1.04 bits per heavy atom. The van der Waals surface area contributed by atoms with Gasteiger partial charge >= 0.3 is 0 Å². The Morgan fingerprint density at radius 2 is 1.59 bits per heavy atom. The third-order valence-electron chi connectivity index (χ3n) is 3.57. The van der Waals surface area contributed by atoms with Crippen LogP contribution in [0, 0.1) is 5.82 Å². The second kappa shape index (κ2) is 8.04. The molecule has 27 heavy (non-hydrogen) atoms. The summed E-state index contributed by atoms with van der Waals surface area (Å²) in [7, 11) is 0. The fourth-order valence-corrected chi connectivity index (χ4v) is 3.11. The predicted molar refractivity (Wildman–Crippen MR) is 104 cm³/mol. The molecule has 1 fully saturated rings. The zero-order chi connectivity index (χ0) is 19.6. The van der Waals surface area contributed by atoms with Crippen LogP contribution in [0.5, 0.6) is 5.75 Å². The molecule has 0 spiro atoms. The van der Waals surface area contributed by atoms with Crippen molar-refractivity contribution in [2.75, 3.05) is 0 Å². The molecule has 1 aliphatic heterocycles. The monoisotopic (exact) mass is 424 g/mol. The first kappa shape index (κ1) is 19.3. The third-order valence-corrected chi connectivity index (χ3v) is 4.34. The number of carbonyl (C=O) groups excluding carboxylic acids is 2. The molecule has 2 aromatic rings. The highest BCUT2D eigenvalue weighted by Gasteiger charge is 2.25. The number of carbonyl (C=O) groups is 2. The smallest absolute Gasteiger partial charge is 0.263 e. The average molecular weight is 425 g/mol. The number of benzene rings is 2. The Labute approximate surface area is 169 Å². The molecule has 0 atom stereocenters. The Balaban J connectivity index is 1.81. The van der Waals surface area contributed by atoms with Gasteiger partial charge in [-0.05, 0) is 53.7 Å². The molecule has 1 saturated heterocycles. The first-order valence-corrected chi connectivity index (χ1v) is 8.74. The van der Waals surface area contributed by atoms with Crippen molar-refractivity contribution in [1.29, 1.82) is 0 Å². The van der Waals surface area contributed by atoms with Crippen molar-refractivity contribution in [2.24, 2.45) is 0 Å². The number of nitrogens with one attached hydrogen (secondary N) is 2. The van der Waals surface area contributed by atoms with Crippen LogP contribution in [0.4, 0.5) is 4.39 Å². The summed E-state index contributed by atoms with van der Waals surface area (Å²) in [5, 5.41) is 5.02. The molecule has 2 amide bonds. The molecule has 1 aliphatic rings. The molecule has 5 nitrogen and oxygen atoms in total. The number of amides is 2. The molecular weight excluding hydrogens is 414 g/mol. The quantitative estimate of drug-likeness (QED) is 0.446. The van der Waals surface area contributed by atoms with Crippen molar-refractivity contribution in [1.82, 2.24) is 10.6 Å². The maximum atomic E-state index is 12.9. The van der Waals surface area contributed by atoms with E-state index in [1.165, 1.54) is 30.3 Å². The van der Waals surface area contributed by atoms with Gasteiger partial charge in [0.05, 0.1) is 10.0 Å². The van der Waals surface area contributed by atoms with Crippen molar-refractivity contribution in [3.8, 4) is 5.75 Å². The van der Waals surface area contributed by atoms with Crippen LogP contribution in [0.3, 0.4) is 0 Å². The topological polar surface area (TPSA) is 67.4 Å². The molecule has 138 valence electrons. The highest BCUT2D eigenvalue weighted by atomic mass is 35.5. The number of rotatable bonds is 4. The van der Waals surface area contributed by atoms with Crippen LogP contribution in [-0.4, -0.2) is 16.9 Å². The molecule has 2 N–H and O–H groups in total. The van der Waals surface area contributed by atoms with E-state index in [2.05, 4.69) is 10.6 Å². The SMILES string of the molecule is O=C1NC(=S)NC(=O)C1=Cc1cc(Cl)c(OCc2ccc(F)cc2)c(Cl)c1. The van der Waals surface area contributed by atoms with Crippen LogP contribution in [0.1, 0.15) is 11.1 Å². The number of ether oxygens (including phenoxy) is 1. The van der Waals surface area contributed by atoms with Crippen LogP contribution in [0.15, 0.2) is 42.0 Å². The lowest BCUT2D eigenvalue weighted by Crippen LogP contribution is -2.51. The molecular formula is C18H11Cl2FN2O3S. The van der Waals surface area contributed by atoms with Gasteiger partial charge in [0.25, 0.3) is 11.8 Å². The molecule has 0 aliphatic carbocycles. The first-order chi connectivity index (χ1) is 12.8. The third kappa shape index (κ3) is 4.63. The summed E-state index contributed by atoms with van der Waals surface area (Å²) in [4.78, 5) is 23.8. The zero-order valence-electron chi connectivity index (χ0n) is 13.5. The summed E-state index contributed by atoms with van der Waals surface area (Å²) in [6.07, 6.45) is 1.34. The summed E-state index contributed by atoms with van der Waals surface area (Å²) in [5.41, 5.74) is 1.05. The predicted octanol–water partition coefficient (Wildman–Crippen LogP) is 3.63. The van der Waals surface area contributed by atoms with E-state index >= 15 is 0 Å². The second-order valence-corrected chi connectivity index (χ2v) is 6.75. The van der Waals surface area contributed by atoms with E-state index in [1.807, 2.05) is 0 Å². The van der Waals surface area contributed by atoms with Crippen molar-refractivity contribution in [3.05, 3.63) is 69.0 Å². The lowest BCUT2D eigenvalue weighted by Gasteiger charge is -2.16. The van der Waals surface area contributed by atoms with E-state index in [4.69, 9.17) is 40.2 Å². The summed E-state index contributed by atoms with van der Waals surface area (Å²) in [5.74, 6) is -1.34. The van der Waals surface area contributed by atoms with Gasteiger partial charge in [0.15, 0.2) is 10.9 Å². The van der Waals surface area contributed by atoms with Gasteiger partial charge < -0.3 is 4.74 Å². The summed E-state index contributed by atoms with van der Waals surface area (Å²) in [6, 6.07) is 8.83. The second-order valence-electron chi connectivity index (χ2n) is 5.52. The van der Waals surface area contributed by atoms with Gasteiger partial charge in [-0.2, -0.15) is 0 Å². The normalized spacial score (nSPS) is 13.9. The number of hydrogen-bond donors (Lipinski definition) is 2. The summed E-state index contributed by atoms with van der Waals surface area (Å²) < 4.78 is 18.6. The molecule has 1 heterocycles. The fourth-order valence-electron chi connectivity index (χ4n) is 2.31. The van der Waals surface area contributed by atoms with Crippen LogP contribution in [-0.2, 0) is 16.2 Å². The largest absolute Gasteiger partial charge is 0.486 e. The minimum atomic E-state index is -0.618. The highest BCUT2D eigenvalue weighted by molar-refractivity contribution is 7.80. The summed E-state index contributed by atoms with van der Waals surface area (Å²) in [6.45, 7) is 0.141. The van der Waals surface area contributed by atoms with E-state index in [0.717, 1.165) is 5.56 Å².